The maximum absolute atomic E-state index is 12.5. The Morgan fingerprint density at radius 2 is 1.27 bits per heavy atom. The Labute approximate surface area is 250 Å². The summed E-state index contributed by atoms with van der Waals surface area (Å²) in [7, 11) is 5.36. The van der Waals surface area contributed by atoms with Gasteiger partial charge in [-0.25, -0.2) is 0 Å². The summed E-state index contributed by atoms with van der Waals surface area (Å²) in [6.07, 6.45) is 22.4. The van der Waals surface area contributed by atoms with Gasteiger partial charge in [-0.05, 0) is 44.9 Å². The van der Waals surface area contributed by atoms with Crippen molar-refractivity contribution >= 4 is 17.9 Å². The van der Waals surface area contributed by atoms with Crippen molar-refractivity contribution in [1.82, 2.24) is 0 Å². The van der Waals surface area contributed by atoms with E-state index in [-0.39, 0.29) is 55.5 Å². The maximum atomic E-state index is 12.5. The predicted molar refractivity (Wildman–Crippen MR) is 162 cm³/mol. The van der Waals surface area contributed by atoms with Crippen LogP contribution in [-0.4, -0.2) is 75.5 Å². The number of aliphatic carboxylic acids is 1. The molecular formula is C33H59NO7. The Morgan fingerprint density at radius 3 is 1.80 bits per heavy atom. The highest BCUT2D eigenvalue weighted by Crippen LogP contribution is 2.10. The van der Waals surface area contributed by atoms with Crippen molar-refractivity contribution in [3.8, 4) is 0 Å². The van der Waals surface area contributed by atoms with Crippen molar-refractivity contribution in [2.75, 3.05) is 41.0 Å². The molecule has 0 aromatic heterocycles. The molecule has 0 aromatic carbocycles. The number of likely N-dealkylation sites (N-methyl/N-ethyl adjacent to an activating group) is 1. The van der Waals surface area contributed by atoms with Crippen molar-refractivity contribution < 1.29 is 38.2 Å². The monoisotopic (exact) mass is 581 g/mol. The van der Waals surface area contributed by atoms with Crippen molar-refractivity contribution in [2.45, 2.75) is 129 Å². The molecule has 0 spiro atoms. The number of hydrogen-bond donors (Lipinski definition) is 0. The van der Waals surface area contributed by atoms with Gasteiger partial charge < -0.3 is 28.6 Å². The molecule has 0 N–H and O–H groups in total. The number of esters is 2. The zero-order valence-electron chi connectivity index (χ0n) is 26.7. The average molecular weight is 582 g/mol. The first-order chi connectivity index (χ1) is 19.6. The highest BCUT2D eigenvalue weighted by atomic mass is 16.6. The summed E-state index contributed by atoms with van der Waals surface area (Å²) in [4.78, 5) is 36.2. The van der Waals surface area contributed by atoms with E-state index >= 15 is 0 Å². The van der Waals surface area contributed by atoms with Gasteiger partial charge in [0.25, 0.3) is 0 Å². The summed E-state index contributed by atoms with van der Waals surface area (Å²) in [5, 5.41) is 11.5. The minimum absolute atomic E-state index is 0.0191. The van der Waals surface area contributed by atoms with Gasteiger partial charge in [0.15, 0.2) is 6.10 Å². The third-order valence-electron chi connectivity index (χ3n) is 6.82. The lowest BCUT2D eigenvalue weighted by Gasteiger charge is -2.34. The molecule has 41 heavy (non-hydrogen) atoms. The second-order valence-corrected chi connectivity index (χ2v) is 11.7. The number of carboxylic acid groups (broad SMARTS) is 1. The van der Waals surface area contributed by atoms with Gasteiger partial charge in [-0.3, -0.25) is 9.59 Å². The van der Waals surface area contributed by atoms with Crippen LogP contribution in [0.2, 0.25) is 0 Å². The Kier molecular flexibility index (Phi) is 24.2. The van der Waals surface area contributed by atoms with Crippen LogP contribution in [-0.2, 0) is 28.6 Å². The molecule has 2 unspecified atom stereocenters. The van der Waals surface area contributed by atoms with E-state index in [0.29, 0.717) is 12.8 Å². The fourth-order valence-corrected chi connectivity index (χ4v) is 4.26. The smallest absolute Gasteiger partial charge is 0.306 e. The largest absolute Gasteiger partial charge is 0.544 e. The van der Waals surface area contributed by atoms with E-state index in [0.717, 1.165) is 25.7 Å². The first-order valence-corrected chi connectivity index (χ1v) is 15.9. The topological polar surface area (TPSA) is 102 Å². The van der Waals surface area contributed by atoms with E-state index in [1.54, 1.807) is 21.1 Å². The highest BCUT2D eigenvalue weighted by molar-refractivity contribution is 5.70. The van der Waals surface area contributed by atoms with E-state index in [2.05, 4.69) is 32.1 Å². The molecule has 8 heteroatoms. The van der Waals surface area contributed by atoms with Crippen LogP contribution in [0.1, 0.15) is 117 Å². The number of carboxylic acids is 1. The van der Waals surface area contributed by atoms with Gasteiger partial charge in [0.05, 0.1) is 40.3 Å². The van der Waals surface area contributed by atoms with Crippen molar-refractivity contribution in [3.63, 3.8) is 0 Å². The number of carbonyl (C=O) groups excluding carboxylic acids is 3. The summed E-state index contributed by atoms with van der Waals surface area (Å²) in [5.74, 6) is -1.85. The number of nitrogens with zero attached hydrogens (tertiary/aromatic N) is 1. The number of carbonyl (C=O) groups is 3. The lowest BCUT2D eigenvalue weighted by molar-refractivity contribution is -0.889. The van der Waals surface area contributed by atoms with E-state index in [1.165, 1.54) is 44.9 Å². The summed E-state index contributed by atoms with van der Waals surface area (Å²) in [6, 6.07) is -0.728. The molecule has 2 atom stereocenters. The van der Waals surface area contributed by atoms with Crippen molar-refractivity contribution in [1.29, 1.82) is 0 Å². The molecule has 0 bridgehead atoms. The van der Waals surface area contributed by atoms with Crippen LogP contribution in [0.25, 0.3) is 0 Å². The van der Waals surface area contributed by atoms with Crippen LogP contribution in [0.4, 0.5) is 0 Å². The van der Waals surface area contributed by atoms with Gasteiger partial charge in [0.1, 0.15) is 12.6 Å². The minimum atomic E-state index is -1.14. The van der Waals surface area contributed by atoms with E-state index in [4.69, 9.17) is 14.2 Å². The molecule has 0 fully saturated rings. The number of hydrogen-bond acceptors (Lipinski definition) is 7. The van der Waals surface area contributed by atoms with Gasteiger partial charge >= 0.3 is 11.9 Å². The van der Waals surface area contributed by atoms with Crippen LogP contribution >= 0.6 is 0 Å². The second kappa shape index (κ2) is 25.5. The molecule has 0 heterocycles. The third-order valence-corrected chi connectivity index (χ3v) is 6.82. The number of ether oxygens (including phenoxy) is 3. The average Bonchev–Trinajstić information content (AvgIpc) is 2.91. The zero-order valence-corrected chi connectivity index (χ0v) is 26.7. The van der Waals surface area contributed by atoms with Crippen molar-refractivity contribution in [2.24, 2.45) is 0 Å². The minimum Gasteiger partial charge on any atom is -0.544 e. The second-order valence-electron chi connectivity index (χ2n) is 11.7. The number of unbranched alkanes of at least 4 members (excludes halogenated alkanes) is 9. The Hall–Kier alpha value is -2.19. The molecule has 0 saturated carbocycles. The predicted octanol–water partition coefficient (Wildman–Crippen LogP) is 5.68. The quantitative estimate of drug-likeness (QED) is 0.0533. The van der Waals surface area contributed by atoms with Gasteiger partial charge in [0.2, 0.25) is 0 Å². The van der Waals surface area contributed by atoms with Crippen LogP contribution < -0.4 is 5.11 Å². The summed E-state index contributed by atoms with van der Waals surface area (Å²) in [6.45, 7) is 4.47. The maximum Gasteiger partial charge on any atom is 0.306 e. The molecule has 0 aliphatic carbocycles. The summed E-state index contributed by atoms with van der Waals surface area (Å²) >= 11 is 0. The lowest BCUT2D eigenvalue weighted by Crippen LogP contribution is -2.55. The third kappa shape index (κ3) is 24.1. The van der Waals surface area contributed by atoms with Crippen LogP contribution in [0.15, 0.2) is 24.3 Å². The molecule has 0 saturated heterocycles. The lowest BCUT2D eigenvalue weighted by atomic mass is 10.1. The SMILES string of the molecule is CCCCCC/C=C/CCCC(=O)OC(COCCC(C(=O)[O-])[N+](C)(C)C)COC(=O)CC/C=C/CCCCCC. The van der Waals surface area contributed by atoms with Gasteiger partial charge in [0, 0.05) is 19.3 Å². The Bertz CT molecular complexity index is 742. The molecule has 0 amide bonds. The number of rotatable bonds is 27. The van der Waals surface area contributed by atoms with E-state index in [9.17, 15) is 19.5 Å². The first-order valence-electron chi connectivity index (χ1n) is 15.9. The zero-order chi connectivity index (χ0) is 30.8. The van der Waals surface area contributed by atoms with Gasteiger partial charge in [-0.15, -0.1) is 0 Å². The fourth-order valence-electron chi connectivity index (χ4n) is 4.26. The van der Waals surface area contributed by atoms with E-state index < -0.39 is 18.1 Å². The van der Waals surface area contributed by atoms with Gasteiger partial charge in [-0.2, -0.15) is 0 Å². The summed E-state index contributed by atoms with van der Waals surface area (Å²) in [5.41, 5.74) is 0. The molecule has 0 rings (SSSR count). The highest BCUT2D eigenvalue weighted by Gasteiger charge is 2.25. The van der Waals surface area contributed by atoms with Gasteiger partial charge in [-0.1, -0.05) is 76.7 Å². The molecule has 0 aliphatic heterocycles. The van der Waals surface area contributed by atoms with Crippen LogP contribution in [0.5, 0.6) is 0 Å². The summed E-state index contributed by atoms with van der Waals surface area (Å²) < 4.78 is 16.8. The van der Waals surface area contributed by atoms with Crippen LogP contribution in [0.3, 0.4) is 0 Å². The number of allylic oxidation sites excluding steroid dienone is 4. The Balaban J connectivity index is 4.62. The molecular weight excluding hydrogens is 522 g/mol. The molecule has 238 valence electrons. The van der Waals surface area contributed by atoms with Crippen LogP contribution in [0, 0.1) is 0 Å². The molecule has 0 radical (unpaired) electrons. The fraction of sp³-hybridized carbons (Fsp3) is 0.788. The molecule has 0 aromatic rings. The normalized spacial score (nSPS) is 13.5. The molecule has 8 nitrogen and oxygen atoms in total. The molecule has 0 aliphatic rings. The number of quaternary nitrogens is 1. The first kappa shape index (κ1) is 38.8. The Morgan fingerprint density at radius 1 is 0.707 bits per heavy atom. The van der Waals surface area contributed by atoms with Crippen molar-refractivity contribution in [3.05, 3.63) is 24.3 Å². The van der Waals surface area contributed by atoms with E-state index in [1.807, 2.05) is 6.08 Å². The standard InChI is InChI=1S/C33H59NO7/c1-6-8-10-12-14-16-18-20-22-24-32(36)41-29(27-39-26-25-30(33(37)38)34(3,4)5)28-40-31(35)23-21-19-17-15-13-11-9-7-2/h16-19,29-30H,6-15,20-28H2,1-5H3/b18-16+,19-17+.